The molecule has 2 aromatic rings. The van der Waals surface area contributed by atoms with Crippen LogP contribution < -0.4 is 4.74 Å². The summed E-state index contributed by atoms with van der Waals surface area (Å²) in [6, 6.07) is 15.4. The van der Waals surface area contributed by atoms with Crippen molar-refractivity contribution in [1.29, 1.82) is 0 Å². The molecule has 18 heavy (non-hydrogen) atoms. The molecule has 1 aliphatic heterocycles. The van der Waals surface area contributed by atoms with Gasteiger partial charge in [0.15, 0.2) is 0 Å². The van der Waals surface area contributed by atoms with E-state index in [-0.39, 0.29) is 5.92 Å². The lowest BCUT2D eigenvalue weighted by atomic mass is 9.76. The van der Waals surface area contributed by atoms with E-state index in [9.17, 15) is 5.11 Å². The smallest absolute Gasteiger partial charge is 0.133 e. The molecular formula is C16H16O2. The van der Waals surface area contributed by atoms with Gasteiger partial charge in [-0.3, -0.25) is 0 Å². The standard InChI is InChI=1S/C16H16O2/c1-11(2)16(17)12-7-3-5-9-14(12)18-15-10-6-4-8-13(15)16/h3-11,17H,1-2H3. The van der Waals surface area contributed by atoms with Gasteiger partial charge >= 0.3 is 0 Å². The van der Waals surface area contributed by atoms with Crippen molar-refractivity contribution < 1.29 is 9.84 Å². The molecule has 0 radical (unpaired) electrons. The molecular weight excluding hydrogens is 224 g/mol. The van der Waals surface area contributed by atoms with Gasteiger partial charge in [-0.05, 0) is 18.1 Å². The Morgan fingerprint density at radius 2 is 1.33 bits per heavy atom. The van der Waals surface area contributed by atoms with Crippen molar-refractivity contribution >= 4 is 0 Å². The third-order valence-electron chi connectivity index (χ3n) is 3.65. The van der Waals surface area contributed by atoms with E-state index in [4.69, 9.17) is 4.74 Å². The Labute approximate surface area is 107 Å². The zero-order valence-corrected chi connectivity index (χ0v) is 10.6. The van der Waals surface area contributed by atoms with E-state index in [1.54, 1.807) is 0 Å². The number of rotatable bonds is 1. The molecule has 2 aromatic carbocycles. The first kappa shape index (κ1) is 11.3. The van der Waals surface area contributed by atoms with Crippen LogP contribution in [0.3, 0.4) is 0 Å². The van der Waals surface area contributed by atoms with Gasteiger partial charge in [-0.2, -0.15) is 0 Å². The van der Waals surface area contributed by atoms with Crippen LogP contribution in [-0.4, -0.2) is 5.11 Å². The zero-order chi connectivity index (χ0) is 12.8. The minimum absolute atomic E-state index is 0.0729. The molecule has 0 amide bonds. The molecule has 1 heterocycles. The van der Waals surface area contributed by atoms with E-state index in [2.05, 4.69) is 0 Å². The van der Waals surface area contributed by atoms with Crippen molar-refractivity contribution in [1.82, 2.24) is 0 Å². The minimum Gasteiger partial charge on any atom is -0.457 e. The van der Waals surface area contributed by atoms with Crippen LogP contribution in [0.4, 0.5) is 0 Å². The van der Waals surface area contributed by atoms with Crippen LogP contribution >= 0.6 is 0 Å². The summed E-state index contributed by atoms with van der Waals surface area (Å²) in [4.78, 5) is 0. The first-order chi connectivity index (χ1) is 8.64. The number of fused-ring (bicyclic) bond motifs is 2. The van der Waals surface area contributed by atoms with Gasteiger partial charge in [-0.25, -0.2) is 0 Å². The van der Waals surface area contributed by atoms with Crippen molar-refractivity contribution in [2.45, 2.75) is 19.4 Å². The lowest BCUT2D eigenvalue weighted by Crippen LogP contribution is -2.36. The summed E-state index contributed by atoms with van der Waals surface area (Å²) < 4.78 is 5.86. The van der Waals surface area contributed by atoms with Crippen LogP contribution in [0.1, 0.15) is 25.0 Å². The summed E-state index contributed by atoms with van der Waals surface area (Å²) in [5.41, 5.74) is 0.711. The second-order valence-corrected chi connectivity index (χ2v) is 5.02. The van der Waals surface area contributed by atoms with E-state index in [1.165, 1.54) is 0 Å². The van der Waals surface area contributed by atoms with Gasteiger partial charge in [0.05, 0.1) is 0 Å². The largest absolute Gasteiger partial charge is 0.457 e. The average Bonchev–Trinajstić information content (AvgIpc) is 2.39. The Balaban J connectivity index is 2.31. The quantitative estimate of drug-likeness (QED) is 0.823. The topological polar surface area (TPSA) is 29.5 Å². The van der Waals surface area contributed by atoms with Gasteiger partial charge in [0.2, 0.25) is 0 Å². The fraction of sp³-hybridized carbons (Fsp3) is 0.250. The number of para-hydroxylation sites is 2. The fourth-order valence-corrected chi connectivity index (χ4v) is 2.63. The highest BCUT2D eigenvalue weighted by Gasteiger charge is 2.42. The van der Waals surface area contributed by atoms with Crippen molar-refractivity contribution in [3.8, 4) is 11.5 Å². The van der Waals surface area contributed by atoms with Gasteiger partial charge in [0.1, 0.15) is 17.1 Å². The van der Waals surface area contributed by atoms with Crippen LogP contribution in [-0.2, 0) is 5.60 Å². The monoisotopic (exact) mass is 240 g/mol. The Hall–Kier alpha value is -1.80. The maximum Gasteiger partial charge on any atom is 0.133 e. The molecule has 0 fully saturated rings. The van der Waals surface area contributed by atoms with Crippen molar-refractivity contribution in [2.24, 2.45) is 5.92 Å². The molecule has 0 saturated carbocycles. The van der Waals surface area contributed by atoms with Gasteiger partial charge in [0, 0.05) is 11.1 Å². The third kappa shape index (κ3) is 1.39. The predicted octanol–water partition coefficient (Wildman–Crippen LogP) is 3.68. The van der Waals surface area contributed by atoms with Crippen LogP contribution in [0, 0.1) is 5.92 Å². The second-order valence-electron chi connectivity index (χ2n) is 5.02. The number of aliphatic hydroxyl groups is 1. The molecule has 3 rings (SSSR count). The first-order valence-electron chi connectivity index (χ1n) is 6.23. The molecule has 0 bridgehead atoms. The Morgan fingerprint density at radius 3 is 1.78 bits per heavy atom. The lowest BCUT2D eigenvalue weighted by Gasteiger charge is -2.38. The van der Waals surface area contributed by atoms with Crippen LogP contribution in [0.5, 0.6) is 11.5 Å². The number of hydrogen-bond acceptors (Lipinski definition) is 2. The van der Waals surface area contributed by atoms with Crippen molar-refractivity contribution in [2.75, 3.05) is 0 Å². The third-order valence-corrected chi connectivity index (χ3v) is 3.65. The van der Waals surface area contributed by atoms with Crippen LogP contribution in [0.15, 0.2) is 48.5 Å². The van der Waals surface area contributed by atoms with Gasteiger partial charge in [-0.1, -0.05) is 50.2 Å². The Bertz CT molecular complexity index is 542. The van der Waals surface area contributed by atoms with E-state index >= 15 is 0 Å². The van der Waals surface area contributed by atoms with Crippen molar-refractivity contribution in [3.63, 3.8) is 0 Å². The predicted molar refractivity (Wildman–Crippen MR) is 70.8 cm³/mol. The van der Waals surface area contributed by atoms with E-state index in [1.807, 2.05) is 62.4 Å². The molecule has 0 aliphatic carbocycles. The summed E-state index contributed by atoms with van der Waals surface area (Å²) in [6.07, 6.45) is 0. The van der Waals surface area contributed by atoms with Crippen LogP contribution in [0.2, 0.25) is 0 Å². The molecule has 2 nitrogen and oxygen atoms in total. The first-order valence-corrected chi connectivity index (χ1v) is 6.23. The Kier molecular flexibility index (Phi) is 2.42. The van der Waals surface area contributed by atoms with Gasteiger partial charge < -0.3 is 9.84 Å². The molecule has 1 aliphatic rings. The second kappa shape index (κ2) is 3.85. The molecule has 0 spiro atoms. The summed E-state index contributed by atoms with van der Waals surface area (Å²) >= 11 is 0. The van der Waals surface area contributed by atoms with E-state index in [0.717, 1.165) is 22.6 Å². The van der Waals surface area contributed by atoms with Gasteiger partial charge in [-0.15, -0.1) is 0 Å². The molecule has 1 N–H and O–H groups in total. The number of ether oxygens (including phenoxy) is 1. The zero-order valence-electron chi connectivity index (χ0n) is 10.6. The van der Waals surface area contributed by atoms with E-state index in [0.29, 0.717) is 0 Å². The highest BCUT2D eigenvalue weighted by atomic mass is 16.5. The molecule has 0 atom stereocenters. The maximum atomic E-state index is 11.2. The summed E-state index contributed by atoms with van der Waals surface area (Å²) in [7, 11) is 0. The lowest BCUT2D eigenvalue weighted by molar-refractivity contribution is 0.0225. The van der Waals surface area contributed by atoms with Crippen molar-refractivity contribution in [3.05, 3.63) is 59.7 Å². The SMILES string of the molecule is CC(C)C1(O)c2ccccc2Oc2ccccc21. The Morgan fingerprint density at radius 1 is 0.889 bits per heavy atom. The number of hydrogen-bond donors (Lipinski definition) is 1. The van der Waals surface area contributed by atoms with Gasteiger partial charge in [0.25, 0.3) is 0 Å². The fourth-order valence-electron chi connectivity index (χ4n) is 2.63. The molecule has 0 saturated heterocycles. The molecule has 92 valence electrons. The maximum absolute atomic E-state index is 11.2. The highest BCUT2D eigenvalue weighted by molar-refractivity contribution is 5.55. The minimum atomic E-state index is -0.981. The summed E-state index contributed by atoms with van der Waals surface area (Å²) in [6.45, 7) is 4.05. The van der Waals surface area contributed by atoms with Crippen LogP contribution in [0.25, 0.3) is 0 Å². The van der Waals surface area contributed by atoms with E-state index < -0.39 is 5.60 Å². The highest BCUT2D eigenvalue weighted by Crippen LogP contribution is 2.49. The number of benzene rings is 2. The normalized spacial score (nSPS) is 15.8. The molecule has 0 aromatic heterocycles. The summed E-state index contributed by atoms with van der Waals surface area (Å²) in [5, 5.41) is 11.2. The average molecular weight is 240 g/mol. The summed E-state index contributed by atoms with van der Waals surface area (Å²) in [5.74, 6) is 1.56. The molecule has 0 unspecified atom stereocenters. The molecule has 2 heteroatoms.